The monoisotopic (exact) mass is 310 g/mol. The Kier molecular flexibility index (Phi) is 5.16. The lowest BCUT2D eigenvalue weighted by Crippen LogP contribution is -1.99. The molecular weight excluding hydrogens is 295 g/mol. The highest BCUT2D eigenvalue weighted by Gasteiger charge is 2.14. The maximum Gasteiger partial charge on any atom is 0.125 e. The van der Waals surface area contributed by atoms with Crippen LogP contribution < -0.4 is 9.47 Å². The van der Waals surface area contributed by atoms with Crippen molar-refractivity contribution in [2.24, 2.45) is 0 Å². The molecule has 1 atom stereocenters. The van der Waals surface area contributed by atoms with Gasteiger partial charge in [-0.05, 0) is 36.2 Å². The molecule has 0 aromatic heterocycles. The van der Waals surface area contributed by atoms with Gasteiger partial charge in [-0.15, -0.1) is 11.6 Å². The Morgan fingerprint density at radius 1 is 1.00 bits per heavy atom. The van der Waals surface area contributed by atoms with E-state index in [1.807, 2.05) is 36.4 Å². The van der Waals surface area contributed by atoms with Crippen molar-refractivity contribution in [3.8, 4) is 11.5 Å². The zero-order chi connectivity index (χ0) is 14.5. The first-order chi connectivity index (χ1) is 9.63. The standard InChI is InChI=1S/C16H16Cl2O2/c1-19-13-6-3-11(4-7-13)9-15(18)14-8-5-12(17)10-16(14)20-2/h3-8,10,15H,9H2,1-2H3. The molecule has 1 unspecified atom stereocenters. The van der Waals surface area contributed by atoms with Crippen molar-refractivity contribution in [2.75, 3.05) is 14.2 Å². The number of hydrogen-bond donors (Lipinski definition) is 0. The predicted octanol–water partition coefficient (Wildman–Crippen LogP) is 4.88. The molecule has 2 rings (SSSR count). The molecule has 0 bridgehead atoms. The van der Waals surface area contributed by atoms with Crippen LogP contribution in [0.1, 0.15) is 16.5 Å². The highest BCUT2D eigenvalue weighted by atomic mass is 35.5. The van der Waals surface area contributed by atoms with E-state index in [1.54, 1.807) is 20.3 Å². The molecule has 106 valence electrons. The van der Waals surface area contributed by atoms with Crippen molar-refractivity contribution < 1.29 is 9.47 Å². The predicted molar refractivity (Wildman–Crippen MR) is 83.3 cm³/mol. The number of rotatable bonds is 5. The Hall–Kier alpha value is -1.38. The van der Waals surface area contributed by atoms with Gasteiger partial charge in [0.25, 0.3) is 0 Å². The molecule has 0 aliphatic heterocycles. The maximum absolute atomic E-state index is 6.50. The van der Waals surface area contributed by atoms with Crippen LogP contribution in [0.3, 0.4) is 0 Å². The lowest BCUT2D eigenvalue weighted by atomic mass is 10.0. The van der Waals surface area contributed by atoms with Gasteiger partial charge in [0.15, 0.2) is 0 Å². The molecule has 0 aliphatic rings. The van der Waals surface area contributed by atoms with Crippen molar-refractivity contribution in [2.45, 2.75) is 11.8 Å². The lowest BCUT2D eigenvalue weighted by Gasteiger charge is -2.14. The molecule has 0 fully saturated rings. The molecule has 0 saturated heterocycles. The second kappa shape index (κ2) is 6.87. The minimum atomic E-state index is -0.171. The van der Waals surface area contributed by atoms with Crippen molar-refractivity contribution in [3.63, 3.8) is 0 Å². The Balaban J connectivity index is 2.16. The highest BCUT2D eigenvalue weighted by Crippen LogP contribution is 2.34. The first kappa shape index (κ1) is 15.0. The molecule has 2 aromatic rings. The summed E-state index contributed by atoms with van der Waals surface area (Å²) in [5, 5.41) is 0.467. The number of alkyl halides is 1. The van der Waals surface area contributed by atoms with Crippen LogP contribution in [0.2, 0.25) is 5.02 Å². The largest absolute Gasteiger partial charge is 0.497 e. The maximum atomic E-state index is 6.50. The molecule has 20 heavy (non-hydrogen) atoms. The Morgan fingerprint density at radius 3 is 2.30 bits per heavy atom. The van der Waals surface area contributed by atoms with Crippen LogP contribution in [0, 0.1) is 0 Å². The summed E-state index contributed by atoms with van der Waals surface area (Å²) in [5.41, 5.74) is 2.08. The number of hydrogen-bond acceptors (Lipinski definition) is 2. The van der Waals surface area contributed by atoms with Gasteiger partial charge in [-0.1, -0.05) is 29.8 Å². The summed E-state index contributed by atoms with van der Waals surface area (Å²) in [4.78, 5) is 0. The summed E-state index contributed by atoms with van der Waals surface area (Å²) in [7, 11) is 3.27. The minimum Gasteiger partial charge on any atom is -0.497 e. The van der Waals surface area contributed by atoms with E-state index in [0.29, 0.717) is 17.2 Å². The molecule has 0 amide bonds. The fourth-order valence-corrected chi connectivity index (χ4v) is 2.54. The quantitative estimate of drug-likeness (QED) is 0.733. The van der Waals surface area contributed by atoms with E-state index in [4.69, 9.17) is 32.7 Å². The van der Waals surface area contributed by atoms with Crippen molar-refractivity contribution in [1.82, 2.24) is 0 Å². The van der Waals surface area contributed by atoms with Gasteiger partial charge in [-0.25, -0.2) is 0 Å². The third kappa shape index (κ3) is 3.59. The fraction of sp³-hybridized carbons (Fsp3) is 0.250. The number of benzene rings is 2. The SMILES string of the molecule is COc1ccc(CC(Cl)c2ccc(Cl)cc2OC)cc1. The van der Waals surface area contributed by atoms with E-state index >= 15 is 0 Å². The van der Waals surface area contributed by atoms with Gasteiger partial charge >= 0.3 is 0 Å². The number of ether oxygens (including phenoxy) is 2. The van der Waals surface area contributed by atoms with Crippen LogP contribution in [-0.2, 0) is 6.42 Å². The van der Waals surface area contributed by atoms with Crippen LogP contribution in [-0.4, -0.2) is 14.2 Å². The van der Waals surface area contributed by atoms with E-state index in [9.17, 15) is 0 Å². The molecule has 2 aromatic carbocycles. The van der Waals surface area contributed by atoms with Crippen LogP contribution >= 0.6 is 23.2 Å². The first-order valence-corrected chi connectivity index (χ1v) is 7.06. The molecule has 4 heteroatoms. The summed E-state index contributed by atoms with van der Waals surface area (Å²) in [6.45, 7) is 0. The van der Waals surface area contributed by atoms with Crippen LogP contribution in [0.15, 0.2) is 42.5 Å². The third-order valence-electron chi connectivity index (χ3n) is 3.11. The highest BCUT2D eigenvalue weighted by molar-refractivity contribution is 6.30. The van der Waals surface area contributed by atoms with E-state index in [2.05, 4.69) is 0 Å². The Bertz CT molecular complexity index is 567. The lowest BCUT2D eigenvalue weighted by molar-refractivity contribution is 0.409. The molecule has 0 spiro atoms. The summed E-state index contributed by atoms with van der Waals surface area (Å²) in [5.74, 6) is 1.55. The molecule has 0 heterocycles. The molecule has 0 N–H and O–H groups in total. The zero-order valence-corrected chi connectivity index (χ0v) is 12.9. The van der Waals surface area contributed by atoms with E-state index in [1.165, 1.54) is 0 Å². The Morgan fingerprint density at radius 2 is 1.70 bits per heavy atom. The second-order valence-electron chi connectivity index (χ2n) is 4.41. The molecule has 0 saturated carbocycles. The Labute approximate surface area is 129 Å². The van der Waals surface area contributed by atoms with Gasteiger partial charge < -0.3 is 9.47 Å². The summed E-state index contributed by atoms with van der Waals surface area (Å²) in [6, 6.07) is 13.4. The van der Waals surface area contributed by atoms with Crippen molar-refractivity contribution in [1.29, 1.82) is 0 Å². The smallest absolute Gasteiger partial charge is 0.125 e. The zero-order valence-electron chi connectivity index (χ0n) is 11.4. The van der Waals surface area contributed by atoms with Gasteiger partial charge in [0.1, 0.15) is 11.5 Å². The molecule has 0 aliphatic carbocycles. The van der Waals surface area contributed by atoms with Crippen molar-refractivity contribution >= 4 is 23.2 Å². The molecule has 0 radical (unpaired) electrons. The van der Waals surface area contributed by atoms with Crippen molar-refractivity contribution in [3.05, 3.63) is 58.6 Å². The normalized spacial score (nSPS) is 12.0. The van der Waals surface area contributed by atoms with Gasteiger partial charge in [0.05, 0.1) is 19.6 Å². The van der Waals surface area contributed by atoms with Gasteiger partial charge in [0, 0.05) is 10.6 Å². The topological polar surface area (TPSA) is 18.5 Å². The molecule has 2 nitrogen and oxygen atoms in total. The fourth-order valence-electron chi connectivity index (χ4n) is 2.02. The summed E-state index contributed by atoms with van der Waals surface area (Å²) in [6.07, 6.45) is 0.712. The van der Waals surface area contributed by atoms with Crippen LogP contribution in [0.25, 0.3) is 0 Å². The van der Waals surface area contributed by atoms with E-state index in [0.717, 1.165) is 16.9 Å². The first-order valence-electron chi connectivity index (χ1n) is 6.24. The average Bonchev–Trinajstić information content (AvgIpc) is 2.47. The second-order valence-corrected chi connectivity index (χ2v) is 5.37. The minimum absolute atomic E-state index is 0.171. The summed E-state index contributed by atoms with van der Waals surface area (Å²) >= 11 is 12.5. The van der Waals surface area contributed by atoms with Gasteiger partial charge in [-0.2, -0.15) is 0 Å². The van der Waals surface area contributed by atoms with Crippen LogP contribution in [0.4, 0.5) is 0 Å². The molecular formula is C16H16Cl2O2. The third-order valence-corrected chi connectivity index (χ3v) is 3.73. The van der Waals surface area contributed by atoms with Gasteiger partial charge in [-0.3, -0.25) is 0 Å². The van der Waals surface area contributed by atoms with E-state index < -0.39 is 0 Å². The van der Waals surface area contributed by atoms with Crippen LogP contribution in [0.5, 0.6) is 11.5 Å². The van der Waals surface area contributed by atoms with E-state index in [-0.39, 0.29) is 5.38 Å². The van der Waals surface area contributed by atoms with Gasteiger partial charge in [0.2, 0.25) is 0 Å². The number of halogens is 2. The number of methoxy groups -OCH3 is 2. The summed E-state index contributed by atoms with van der Waals surface area (Å²) < 4.78 is 10.5. The average molecular weight is 311 g/mol.